The van der Waals surface area contributed by atoms with Crippen molar-refractivity contribution in [1.82, 2.24) is 5.32 Å². The van der Waals surface area contributed by atoms with Crippen LogP contribution < -0.4 is 5.32 Å². The maximum atomic E-state index is 10.2. The molecule has 0 saturated heterocycles. The first-order valence-corrected chi connectivity index (χ1v) is 5.19. The summed E-state index contributed by atoms with van der Waals surface area (Å²) < 4.78 is 0. The average molecular weight is 185 g/mol. The molecule has 0 rings (SSSR count). The fourth-order valence-electron chi connectivity index (χ4n) is 1.45. The fourth-order valence-corrected chi connectivity index (χ4v) is 1.45. The van der Waals surface area contributed by atoms with E-state index in [2.05, 4.69) is 33.0 Å². The Morgan fingerprint density at radius 1 is 1.38 bits per heavy atom. The molecular weight excluding hydrogens is 162 g/mol. The lowest BCUT2D eigenvalue weighted by Crippen LogP contribution is -2.40. The standard InChI is InChI=1S/C11H23NO/c1-5-7-10(11(2,3)4)12-8-6-9-13/h9-10,12H,5-8H2,1-4H3. The summed E-state index contributed by atoms with van der Waals surface area (Å²) in [4.78, 5) is 10.2. The largest absolute Gasteiger partial charge is 0.313 e. The summed E-state index contributed by atoms with van der Waals surface area (Å²) in [6.07, 6.45) is 3.97. The summed E-state index contributed by atoms with van der Waals surface area (Å²) in [5.74, 6) is 0. The molecule has 0 fully saturated rings. The Balaban J connectivity index is 3.87. The topological polar surface area (TPSA) is 29.1 Å². The van der Waals surface area contributed by atoms with Crippen LogP contribution >= 0.6 is 0 Å². The van der Waals surface area contributed by atoms with Crippen molar-refractivity contribution in [1.29, 1.82) is 0 Å². The van der Waals surface area contributed by atoms with Gasteiger partial charge in [0.15, 0.2) is 0 Å². The molecule has 0 radical (unpaired) electrons. The van der Waals surface area contributed by atoms with Crippen molar-refractivity contribution in [2.75, 3.05) is 6.54 Å². The Kier molecular flexibility index (Phi) is 5.97. The first-order valence-electron chi connectivity index (χ1n) is 5.19. The molecule has 0 aliphatic rings. The third-order valence-electron chi connectivity index (χ3n) is 2.28. The van der Waals surface area contributed by atoms with Gasteiger partial charge in [-0.1, -0.05) is 34.1 Å². The van der Waals surface area contributed by atoms with Gasteiger partial charge in [-0.3, -0.25) is 0 Å². The van der Waals surface area contributed by atoms with E-state index in [1.54, 1.807) is 0 Å². The van der Waals surface area contributed by atoms with Gasteiger partial charge in [0.1, 0.15) is 6.29 Å². The Hall–Kier alpha value is -0.370. The number of hydrogen-bond acceptors (Lipinski definition) is 2. The molecule has 78 valence electrons. The molecule has 0 amide bonds. The summed E-state index contributed by atoms with van der Waals surface area (Å²) in [7, 11) is 0. The molecule has 0 spiro atoms. The highest BCUT2D eigenvalue weighted by atomic mass is 16.1. The molecule has 1 N–H and O–H groups in total. The molecule has 0 aromatic rings. The van der Waals surface area contributed by atoms with E-state index in [4.69, 9.17) is 0 Å². The van der Waals surface area contributed by atoms with Crippen molar-refractivity contribution in [3.05, 3.63) is 0 Å². The van der Waals surface area contributed by atoms with E-state index in [1.807, 2.05) is 0 Å². The summed E-state index contributed by atoms with van der Waals surface area (Å²) >= 11 is 0. The summed E-state index contributed by atoms with van der Waals surface area (Å²) in [5.41, 5.74) is 0.291. The Bertz CT molecular complexity index is 138. The quantitative estimate of drug-likeness (QED) is 0.508. The van der Waals surface area contributed by atoms with Gasteiger partial charge in [0.25, 0.3) is 0 Å². The SMILES string of the molecule is CCCC(NCCC=O)C(C)(C)C. The number of hydrogen-bond donors (Lipinski definition) is 1. The van der Waals surface area contributed by atoms with Gasteiger partial charge in [0.2, 0.25) is 0 Å². The van der Waals surface area contributed by atoms with E-state index < -0.39 is 0 Å². The van der Waals surface area contributed by atoms with Gasteiger partial charge in [-0.15, -0.1) is 0 Å². The monoisotopic (exact) mass is 185 g/mol. The van der Waals surface area contributed by atoms with E-state index >= 15 is 0 Å². The van der Waals surface area contributed by atoms with Crippen LogP contribution in [0.2, 0.25) is 0 Å². The third-order valence-corrected chi connectivity index (χ3v) is 2.28. The molecule has 2 heteroatoms. The zero-order valence-corrected chi connectivity index (χ0v) is 9.39. The van der Waals surface area contributed by atoms with Crippen molar-refractivity contribution < 1.29 is 4.79 Å². The third kappa shape index (κ3) is 5.81. The van der Waals surface area contributed by atoms with Gasteiger partial charge in [-0.2, -0.15) is 0 Å². The number of carbonyl (C=O) groups excluding carboxylic acids is 1. The molecule has 0 heterocycles. The van der Waals surface area contributed by atoms with E-state index in [0.29, 0.717) is 17.9 Å². The summed E-state index contributed by atoms with van der Waals surface area (Å²) in [5, 5.41) is 3.43. The van der Waals surface area contributed by atoms with Crippen LogP contribution in [0, 0.1) is 5.41 Å². The van der Waals surface area contributed by atoms with Gasteiger partial charge in [0.05, 0.1) is 0 Å². The van der Waals surface area contributed by atoms with E-state index in [9.17, 15) is 4.79 Å². The van der Waals surface area contributed by atoms with Crippen LogP contribution in [0.15, 0.2) is 0 Å². The molecule has 0 aliphatic heterocycles. The van der Waals surface area contributed by atoms with Gasteiger partial charge in [0, 0.05) is 19.0 Å². The van der Waals surface area contributed by atoms with Crippen LogP contribution in [0.25, 0.3) is 0 Å². The highest BCUT2D eigenvalue weighted by Crippen LogP contribution is 2.22. The smallest absolute Gasteiger partial charge is 0.121 e. The number of rotatable bonds is 6. The molecular formula is C11H23NO. The second-order valence-corrected chi connectivity index (χ2v) is 4.62. The second-order valence-electron chi connectivity index (χ2n) is 4.62. The minimum absolute atomic E-state index is 0.291. The average Bonchev–Trinajstić information content (AvgIpc) is 2.01. The number of nitrogens with one attached hydrogen (secondary N) is 1. The first kappa shape index (κ1) is 12.6. The van der Waals surface area contributed by atoms with E-state index in [-0.39, 0.29) is 0 Å². The van der Waals surface area contributed by atoms with Crippen LogP contribution in [0.3, 0.4) is 0 Å². The van der Waals surface area contributed by atoms with Gasteiger partial charge >= 0.3 is 0 Å². The van der Waals surface area contributed by atoms with Crippen molar-refractivity contribution in [2.24, 2.45) is 5.41 Å². The molecule has 0 aromatic carbocycles. The molecule has 0 aromatic heterocycles. The Morgan fingerprint density at radius 2 is 2.00 bits per heavy atom. The molecule has 2 nitrogen and oxygen atoms in total. The Labute approximate surface area is 82.1 Å². The van der Waals surface area contributed by atoms with Crippen molar-refractivity contribution in [2.45, 2.75) is 53.0 Å². The number of carbonyl (C=O) groups is 1. The first-order chi connectivity index (χ1) is 6.02. The molecule has 13 heavy (non-hydrogen) atoms. The molecule has 0 bridgehead atoms. The van der Waals surface area contributed by atoms with Crippen molar-refractivity contribution >= 4 is 6.29 Å². The predicted octanol–water partition coefficient (Wildman–Crippen LogP) is 2.38. The highest BCUT2D eigenvalue weighted by Gasteiger charge is 2.22. The van der Waals surface area contributed by atoms with Crippen LogP contribution in [0.1, 0.15) is 47.0 Å². The van der Waals surface area contributed by atoms with Gasteiger partial charge < -0.3 is 10.1 Å². The normalized spacial score (nSPS) is 14.2. The van der Waals surface area contributed by atoms with Crippen LogP contribution in [0.4, 0.5) is 0 Å². The second kappa shape index (κ2) is 6.14. The molecule has 0 saturated carbocycles. The minimum atomic E-state index is 0.291. The zero-order chi connectivity index (χ0) is 10.3. The molecule has 1 atom stereocenters. The highest BCUT2D eigenvalue weighted by molar-refractivity contribution is 5.49. The van der Waals surface area contributed by atoms with Crippen LogP contribution in [-0.2, 0) is 4.79 Å². The van der Waals surface area contributed by atoms with Gasteiger partial charge in [-0.05, 0) is 11.8 Å². The summed E-state index contributed by atoms with van der Waals surface area (Å²) in [6, 6.07) is 0.525. The zero-order valence-electron chi connectivity index (χ0n) is 9.39. The van der Waals surface area contributed by atoms with Crippen molar-refractivity contribution in [3.63, 3.8) is 0 Å². The van der Waals surface area contributed by atoms with E-state index in [0.717, 1.165) is 12.8 Å². The lowest BCUT2D eigenvalue weighted by molar-refractivity contribution is -0.107. The Morgan fingerprint density at radius 3 is 2.38 bits per heavy atom. The van der Waals surface area contributed by atoms with Gasteiger partial charge in [-0.25, -0.2) is 0 Å². The maximum absolute atomic E-state index is 10.2. The lowest BCUT2D eigenvalue weighted by Gasteiger charge is -2.31. The number of aldehydes is 1. The lowest BCUT2D eigenvalue weighted by atomic mass is 9.84. The van der Waals surface area contributed by atoms with Crippen LogP contribution in [0.5, 0.6) is 0 Å². The predicted molar refractivity (Wildman–Crippen MR) is 56.8 cm³/mol. The minimum Gasteiger partial charge on any atom is -0.313 e. The maximum Gasteiger partial charge on any atom is 0.121 e. The molecule has 1 unspecified atom stereocenters. The van der Waals surface area contributed by atoms with E-state index in [1.165, 1.54) is 12.8 Å². The van der Waals surface area contributed by atoms with Crippen LogP contribution in [-0.4, -0.2) is 18.9 Å². The fraction of sp³-hybridized carbons (Fsp3) is 0.909. The molecule has 0 aliphatic carbocycles. The summed E-state index contributed by atoms with van der Waals surface area (Å²) in [6.45, 7) is 9.72. The van der Waals surface area contributed by atoms with Crippen molar-refractivity contribution in [3.8, 4) is 0 Å².